The van der Waals surface area contributed by atoms with Crippen LogP contribution < -0.4 is 5.32 Å². The number of nitrogens with zero attached hydrogens (tertiary/aromatic N) is 1. The Morgan fingerprint density at radius 1 is 1.20 bits per heavy atom. The minimum atomic E-state index is 0.162. The van der Waals surface area contributed by atoms with E-state index in [1.807, 2.05) is 35.2 Å². The summed E-state index contributed by atoms with van der Waals surface area (Å²) in [7, 11) is 0. The Hall–Kier alpha value is -1.87. The Kier molecular flexibility index (Phi) is 3.70. The molecule has 1 heterocycles. The second-order valence-electron chi connectivity index (χ2n) is 5.34. The maximum atomic E-state index is 12.9. The highest BCUT2D eigenvalue weighted by Crippen LogP contribution is 2.21. The lowest BCUT2D eigenvalue weighted by molar-refractivity contribution is 0.0618. The first-order chi connectivity index (χ1) is 9.81. The molecule has 2 aromatic carbocycles. The predicted molar refractivity (Wildman–Crippen MR) is 81.9 cm³/mol. The van der Waals surface area contributed by atoms with Crippen LogP contribution in [0.2, 0.25) is 0 Å². The van der Waals surface area contributed by atoms with Gasteiger partial charge in [0, 0.05) is 25.2 Å². The maximum absolute atomic E-state index is 12.9. The maximum Gasteiger partial charge on any atom is 0.254 e. The Bertz CT molecular complexity index is 614. The zero-order valence-electron chi connectivity index (χ0n) is 11.8. The lowest BCUT2D eigenvalue weighted by Crippen LogP contribution is -2.59. The van der Waals surface area contributed by atoms with Crippen molar-refractivity contribution in [1.82, 2.24) is 10.2 Å². The monoisotopic (exact) mass is 268 g/mol. The predicted octanol–water partition coefficient (Wildman–Crippen LogP) is 2.66. The van der Waals surface area contributed by atoms with Gasteiger partial charge in [-0.2, -0.15) is 0 Å². The highest BCUT2D eigenvalue weighted by Gasteiger charge is 2.29. The lowest BCUT2D eigenvalue weighted by atomic mass is 10.0. The van der Waals surface area contributed by atoms with Gasteiger partial charge < -0.3 is 10.2 Å². The number of benzene rings is 2. The molecule has 0 bridgehead atoms. The van der Waals surface area contributed by atoms with Gasteiger partial charge in [-0.1, -0.05) is 43.3 Å². The molecule has 1 aliphatic heterocycles. The number of hydrogen-bond donors (Lipinski definition) is 1. The van der Waals surface area contributed by atoms with Crippen LogP contribution in [-0.2, 0) is 0 Å². The quantitative estimate of drug-likeness (QED) is 0.924. The van der Waals surface area contributed by atoms with E-state index in [2.05, 4.69) is 24.4 Å². The molecule has 0 radical (unpaired) electrons. The van der Waals surface area contributed by atoms with Gasteiger partial charge in [-0.05, 0) is 23.3 Å². The lowest BCUT2D eigenvalue weighted by Gasteiger charge is -2.38. The fourth-order valence-corrected chi connectivity index (χ4v) is 2.75. The standard InChI is InChI=1S/C17H20N2O/c1-2-10-19(14-11-18-12-14)17(20)16-9-5-7-13-6-3-4-8-15(13)16/h3-9,14,18H,2,10-12H2,1H3. The van der Waals surface area contributed by atoms with Gasteiger partial charge in [0.2, 0.25) is 0 Å². The van der Waals surface area contributed by atoms with Crippen molar-refractivity contribution in [3.63, 3.8) is 0 Å². The third-order valence-corrected chi connectivity index (χ3v) is 3.95. The van der Waals surface area contributed by atoms with Crippen LogP contribution in [0.4, 0.5) is 0 Å². The molecule has 1 aliphatic rings. The summed E-state index contributed by atoms with van der Waals surface area (Å²) in [5.41, 5.74) is 0.823. The molecule has 0 aromatic heterocycles. The van der Waals surface area contributed by atoms with E-state index in [-0.39, 0.29) is 5.91 Å². The minimum absolute atomic E-state index is 0.162. The molecule has 20 heavy (non-hydrogen) atoms. The van der Waals surface area contributed by atoms with Crippen LogP contribution in [0.25, 0.3) is 10.8 Å². The molecule has 3 nitrogen and oxygen atoms in total. The van der Waals surface area contributed by atoms with Gasteiger partial charge in [0.15, 0.2) is 0 Å². The van der Waals surface area contributed by atoms with Crippen LogP contribution in [0.15, 0.2) is 42.5 Å². The number of carbonyl (C=O) groups excluding carboxylic acids is 1. The molecule has 0 aliphatic carbocycles. The molecule has 1 fully saturated rings. The Morgan fingerprint density at radius 2 is 1.95 bits per heavy atom. The van der Waals surface area contributed by atoms with Crippen LogP contribution in [0.1, 0.15) is 23.7 Å². The number of rotatable bonds is 4. The van der Waals surface area contributed by atoms with Gasteiger partial charge in [-0.15, -0.1) is 0 Å². The number of amides is 1. The van der Waals surface area contributed by atoms with Crippen molar-refractivity contribution in [2.24, 2.45) is 0 Å². The first kappa shape index (κ1) is 13.1. The second-order valence-corrected chi connectivity index (χ2v) is 5.34. The normalized spacial score (nSPS) is 15.1. The summed E-state index contributed by atoms with van der Waals surface area (Å²) in [5, 5.41) is 5.43. The Labute approximate surface area is 119 Å². The average Bonchev–Trinajstić information content (AvgIpc) is 2.43. The first-order valence-corrected chi connectivity index (χ1v) is 7.30. The Balaban J connectivity index is 1.98. The summed E-state index contributed by atoms with van der Waals surface area (Å²) in [6, 6.07) is 14.4. The topological polar surface area (TPSA) is 32.3 Å². The van der Waals surface area contributed by atoms with Crippen LogP contribution in [-0.4, -0.2) is 36.5 Å². The molecular weight excluding hydrogens is 248 g/mol. The highest BCUT2D eigenvalue weighted by molar-refractivity contribution is 6.07. The summed E-state index contributed by atoms with van der Waals surface area (Å²) in [6.45, 7) is 4.77. The second kappa shape index (κ2) is 5.63. The zero-order chi connectivity index (χ0) is 13.9. The van der Waals surface area contributed by atoms with Crippen molar-refractivity contribution < 1.29 is 4.79 Å². The van der Waals surface area contributed by atoms with Crippen molar-refractivity contribution >= 4 is 16.7 Å². The van der Waals surface area contributed by atoms with Crippen molar-refractivity contribution in [3.05, 3.63) is 48.0 Å². The fraction of sp³-hybridized carbons (Fsp3) is 0.353. The van der Waals surface area contributed by atoms with E-state index in [1.165, 1.54) is 0 Å². The molecule has 0 saturated carbocycles. The molecular formula is C17H20N2O. The van der Waals surface area contributed by atoms with E-state index >= 15 is 0 Å². The number of fused-ring (bicyclic) bond motifs is 1. The smallest absolute Gasteiger partial charge is 0.254 e. The summed E-state index contributed by atoms with van der Waals surface area (Å²) in [5.74, 6) is 0.162. The molecule has 104 valence electrons. The van der Waals surface area contributed by atoms with Crippen molar-refractivity contribution in [1.29, 1.82) is 0 Å². The molecule has 3 rings (SSSR count). The van der Waals surface area contributed by atoms with E-state index < -0.39 is 0 Å². The Morgan fingerprint density at radius 3 is 2.65 bits per heavy atom. The molecule has 3 heteroatoms. The van der Waals surface area contributed by atoms with Crippen molar-refractivity contribution in [3.8, 4) is 0 Å². The van der Waals surface area contributed by atoms with Crippen LogP contribution in [0.5, 0.6) is 0 Å². The van der Waals surface area contributed by atoms with Crippen LogP contribution >= 0.6 is 0 Å². The fourth-order valence-electron chi connectivity index (χ4n) is 2.75. The molecule has 1 N–H and O–H groups in total. The molecule has 1 amide bonds. The van der Waals surface area contributed by atoms with Crippen molar-refractivity contribution in [2.75, 3.05) is 19.6 Å². The molecule has 0 spiro atoms. The summed E-state index contributed by atoms with van der Waals surface area (Å²) >= 11 is 0. The van der Waals surface area contributed by atoms with Gasteiger partial charge in [0.1, 0.15) is 0 Å². The number of carbonyl (C=O) groups is 1. The van der Waals surface area contributed by atoms with E-state index in [4.69, 9.17) is 0 Å². The van der Waals surface area contributed by atoms with Crippen LogP contribution in [0.3, 0.4) is 0 Å². The molecule has 0 unspecified atom stereocenters. The van der Waals surface area contributed by atoms with Gasteiger partial charge in [0.05, 0.1) is 6.04 Å². The first-order valence-electron chi connectivity index (χ1n) is 7.30. The van der Waals surface area contributed by atoms with Gasteiger partial charge >= 0.3 is 0 Å². The summed E-state index contributed by atoms with van der Waals surface area (Å²) < 4.78 is 0. The highest BCUT2D eigenvalue weighted by atomic mass is 16.2. The van der Waals surface area contributed by atoms with Crippen LogP contribution in [0, 0.1) is 0 Å². The number of nitrogens with one attached hydrogen (secondary N) is 1. The third-order valence-electron chi connectivity index (χ3n) is 3.95. The van der Waals surface area contributed by atoms with E-state index in [1.54, 1.807) is 0 Å². The summed E-state index contributed by atoms with van der Waals surface area (Å²) in [6.07, 6.45) is 0.993. The molecule has 1 saturated heterocycles. The van der Waals surface area contributed by atoms with E-state index in [9.17, 15) is 4.79 Å². The average molecular weight is 268 g/mol. The molecule has 0 atom stereocenters. The van der Waals surface area contributed by atoms with Crippen molar-refractivity contribution in [2.45, 2.75) is 19.4 Å². The van der Waals surface area contributed by atoms with Gasteiger partial charge in [-0.25, -0.2) is 0 Å². The minimum Gasteiger partial charge on any atom is -0.333 e. The summed E-state index contributed by atoms with van der Waals surface area (Å²) in [4.78, 5) is 14.9. The van der Waals surface area contributed by atoms with E-state index in [0.29, 0.717) is 6.04 Å². The number of hydrogen-bond acceptors (Lipinski definition) is 2. The molecule has 2 aromatic rings. The SMILES string of the molecule is CCCN(C(=O)c1cccc2ccccc12)C1CNC1. The van der Waals surface area contributed by atoms with E-state index in [0.717, 1.165) is 42.4 Å². The van der Waals surface area contributed by atoms with Gasteiger partial charge in [0.25, 0.3) is 5.91 Å². The van der Waals surface area contributed by atoms with Gasteiger partial charge in [-0.3, -0.25) is 4.79 Å². The largest absolute Gasteiger partial charge is 0.333 e. The zero-order valence-corrected chi connectivity index (χ0v) is 11.8. The third kappa shape index (κ3) is 2.29.